The van der Waals surface area contributed by atoms with Gasteiger partial charge >= 0.3 is 0 Å². The van der Waals surface area contributed by atoms with Crippen LogP contribution < -0.4 is 4.74 Å². The summed E-state index contributed by atoms with van der Waals surface area (Å²) in [7, 11) is 0. The third-order valence-electron chi connectivity index (χ3n) is 5.15. The first-order valence-corrected chi connectivity index (χ1v) is 9.69. The van der Waals surface area contributed by atoms with Gasteiger partial charge in [0.05, 0.1) is 0 Å². The van der Waals surface area contributed by atoms with Gasteiger partial charge in [0.2, 0.25) is 5.72 Å². The van der Waals surface area contributed by atoms with E-state index in [9.17, 15) is 27.5 Å². The van der Waals surface area contributed by atoms with E-state index in [1.54, 1.807) is 12.1 Å². The number of amides is 1. The molecule has 1 atom stereocenters. The summed E-state index contributed by atoms with van der Waals surface area (Å²) in [4.78, 5) is 12.8. The molecule has 1 heterocycles. The first kappa shape index (κ1) is 21.8. The van der Waals surface area contributed by atoms with Crippen LogP contribution in [0, 0.1) is 0 Å². The van der Waals surface area contributed by atoms with Gasteiger partial charge in [-0.1, -0.05) is 48.5 Å². The van der Waals surface area contributed by atoms with Gasteiger partial charge in [-0.25, -0.2) is 17.6 Å². The van der Waals surface area contributed by atoms with Crippen LogP contribution in [0.1, 0.15) is 22.3 Å². The summed E-state index contributed by atoms with van der Waals surface area (Å²) in [6.45, 7) is 0.0692. The number of benzene rings is 3. The van der Waals surface area contributed by atoms with Crippen LogP contribution in [0.3, 0.4) is 0 Å². The minimum Gasteiger partial charge on any atom is -0.488 e. The van der Waals surface area contributed by atoms with Gasteiger partial charge in [-0.05, 0) is 29.1 Å². The lowest BCUT2D eigenvalue weighted by atomic mass is 10.1. The van der Waals surface area contributed by atoms with Crippen LogP contribution in [0.2, 0.25) is 0 Å². The standard InChI is InChI=1S/C23H18F4N2O3/c24-20(25)18-12-23(31,22(26)27)29(28-18)21(30)16-8-3-5-14(11-16)13-32-19-10-4-7-15-6-1-2-9-17(15)19/h1-11,20,22,31H,12-13H2/t23-/m0/s1. The minimum absolute atomic E-state index is 0.0455. The lowest BCUT2D eigenvalue weighted by Gasteiger charge is -2.30. The maximum absolute atomic E-state index is 13.4. The zero-order valence-electron chi connectivity index (χ0n) is 16.6. The number of nitrogens with zero attached hydrogens (tertiary/aromatic N) is 2. The van der Waals surface area contributed by atoms with E-state index >= 15 is 0 Å². The van der Waals surface area contributed by atoms with Crippen molar-refractivity contribution in [2.45, 2.75) is 31.6 Å². The van der Waals surface area contributed by atoms with E-state index in [1.807, 2.05) is 36.4 Å². The number of hydrogen-bond acceptors (Lipinski definition) is 4. The van der Waals surface area contributed by atoms with Crippen LogP contribution in [0.25, 0.3) is 10.8 Å². The van der Waals surface area contributed by atoms with Crippen molar-refractivity contribution in [3.05, 3.63) is 77.9 Å². The lowest BCUT2D eigenvalue weighted by Crippen LogP contribution is -2.51. The Morgan fingerprint density at radius 1 is 1.06 bits per heavy atom. The van der Waals surface area contributed by atoms with Crippen molar-refractivity contribution in [1.29, 1.82) is 0 Å². The predicted molar refractivity (Wildman–Crippen MR) is 110 cm³/mol. The topological polar surface area (TPSA) is 62.1 Å². The molecule has 3 aromatic rings. The zero-order chi connectivity index (χ0) is 22.9. The van der Waals surface area contributed by atoms with Crippen LogP contribution in [0.15, 0.2) is 71.8 Å². The van der Waals surface area contributed by atoms with Gasteiger partial charge in [0.25, 0.3) is 18.8 Å². The van der Waals surface area contributed by atoms with Gasteiger partial charge < -0.3 is 9.84 Å². The van der Waals surface area contributed by atoms with Crippen molar-refractivity contribution >= 4 is 22.4 Å². The number of carbonyl (C=O) groups is 1. The monoisotopic (exact) mass is 446 g/mol. The fraction of sp³-hybridized carbons (Fsp3) is 0.217. The summed E-state index contributed by atoms with van der Waals surface area (Å²) in [5.41, 5.74) is -3.65. The number of hydrogen-bond donors (Lipinski definition) is 1. The van der Waals surface area contributed by atoms with Crippen LogP contribution in [0.5, 0.6) is 5.75 Å². The average molecular weight is 446 g/mol. The number of aliphatic hydroxyl groups is 1. The van der Waals surface area contributed by atoms with E-state index in [2.05, 4.69) is 5.10 Å². The summed E-state index contributed by atoms with van der Waals surface area (Å²) >= 11 is 0. The molecule has 5 nitrogen and oxygen atoms in total. The molecule has 9 heteroatoms. The highest BCUT2D eigenvalue weighted by atomic mass is 19.3. The van der Waals surface area contributed by atoms with Crippen molar-refractivity contribution in [3.63, 3.8) is 0 Å². The molecule has 1 aliphatic heterocycles. The second-order valence-electron chi connectivity index (χ2n) is 7.33. The fourth-order valence-electron chi connectivity index (χ4n) is 3.50. The molecule has 0 spiro atoms. The lowest BCUT2D eigenvalue weighted by molar-refractivity contribution is -0.164. The number of ether oxygens (including phenoxy) is 1. The highest BCUT2D eigenvalue weighted by Gasteiger charge is 2.53. The molecule has 166 valence electrons. The highest BCUT2D eigenvalue weighted by molar-refractivity contribution is 5.99. The molecule has 1 aliphatic rings. The first-order valence-electron chi connectivity index (χ1n) is 9.69. The summed E-state index contributed by atoms with van der Waals surface area (Å²) < 4.78 is 58.7. The normalized spacial score (nSPS) is 18.5. The van der Waals surface area contributed by atoms with Crippen LogP contribution >= 0.6 is 0 Å². The molecule has 0 radical (unpaired) electrons. The van der Waals surface area contributed by atoms with Crippen molar-refractivity contribution in [2.75, 3.05) is 0 Å². The molecule has 1 N–H and O–H groups in total. The Morgan fingerprint density at radius 2 is 1.78 bits per heavy atom. The Bertz CT molecular complexity index is 1180. The Morgan fingerprint density at radius 3 is 2.53 bits per heavy atom. The fourth-order valence-corrected chi connectivity index (χ4v) is 3.50. The molecule has 0 aliphatic carbocycles. The Balaban J connectivity index is 1.56. The van der Waals surface area contributed by atoms with Crippen LogP contribution in [-0.2, 0) is 6.61 Å². The number of carbonyl (C=O) groups excluding carboxylic acids is 1. The van der Waals surface area contributed by atoms with E-state index in [0.29, 0.717) is 11.3 Å². The summed E-state index contributed by atoms with van der Waals surface area (Å²) in [5.74, 6) is -0.493. The van der Waals surface area contributed by atoms with E-state index in [0.717, 1.165) is 10.8 Å². The molecular formula is C23H18F4N2O3. The van der Waals surface area contributed by atoms with Crippen molar-refractivity contribution in [3.8, 4) is 5.75 Å². The first-order chi connectivity index (χ1) is 15.3. The largest absolute Gasteiger partial charge is 0.488 e. The van der Waals surface area contributed by atoms with Gasteiger partial charge in [-0.2, -0.15) is 10.1 Å². The van der Waals surface area contributed by atoms with E-state index in [-0.39, 0.29) is 17.2 Å². The van der Waals surface area contributed by atoms with E-state index < -0.39 is 36.6 Å². The summed E-state index contributed by atoms with van der Waals surface area (Å²) in [5, 5.41) is 15.4. The average Bonchev–Trinajstić information content (AvgIpc) is 3.16. The molecular weight excluding hydrogens is 428 g/mol. The molecule has 32 heavy (non-hydrogen) atoms. The van der Waals surface area contributed by atoms with Gasteiger partial charge in [-0.3, -0.25) is 4.79 Å². The summed E-state index contributed by atoms with van der Waals surface area (Å²) in [6, 6.07) is 19.1. The van der Waals surface area contributed by atoms with Crippen LogP contribution in [-0.4, -0.2) is 40.3 Å². The maximum Gasteiger partial charge on any atom is 0.287 e. The quantitative estimate of drug-likeness (QED) is 0.552. The number of rotatable bonds is 6. The molecule has 0 unspecified atom stereocenters. The smallest absolute Gasteiger partial charge is 0.287 e. The number of hydrazone groups is 1. The SMILES string of the molecule is O=C(c1cccc(COc2cccc3ccccc23)c1)N1N=C(C(F)F)C[C@]1(O)C(F)F. The zero-order valence-corrected chi connectivity index (χ0v) is 16.6. The molecule has 0 saturated carbocycles. The van der Waals surface area contributed by atoms with Gasteiger partial charge in [-0.15, -0.1) is 0 Å². The summed E-state index contributed by atoms with van der Waals surface area (Å²) in [6.07, 6.45) is -7.78. The molecule has 0 aromatic heterocycles. The number of alkyl halides is 4. The molecule has 1 amide bonds. The van der Waals surface area contributed by atoms with Crippen molar-refractivity contribution < 1.29 is 32.2 Å². The van der Waals surface area contributed by atoms with Gasteiger partial charge in [0, 0.05) is 17.4 Å². The Hall–Kier alpha value is -3.46. The molecule has 0 bridgehead atoms. The second kappa shape index (κ2) is 8.58. The van der Waals surface area contributed by atoms with Crippen molar-refractivity contribution in [1.82, 2.24) is 5.01 Å². The van der Waals surface area contributed by atoms with E-state index in [4.69, 9.17) is 4.74 Å². The maximum atomic E-state index is 13.4. The molecule has 3 aromatic carbocycles. The van der Waals surface area contributed by atoms with Crippen molar-refractivity contribution in [2.24, 2.45) is 5.10 Å². The highest BCUT2D eigenvalue weighted by Crippen LogP contribution is 2.34. The molecule has 0 fully saturated rings. The third kappa shape index (κ3) is 4.03. The van der Waals surface area contributed by atoms with Crippen LogP contribution in [0.4, 0.5) is 17.6 Å². The minimum atomic E-state index is -3.48. The molecule has 0 saturated heterocycles. The van der Waals surface area contributed by atoms with Gasteiger partial charge in [0.1, 0.15) is 18.1 Å². The Kier molecular flexibility index (Phi) is 5.84. The van der Waals surface area contributed by atoms with E-state index in [1.165, 1.54) is 18.2 Å². The Labute approximate surface area is 180 Å². The third-order valence-corrected chi connectivity index (χ3v) is 5.15. The number of fused-ring (bicyclic) bond motifs is 1. The van der Waals surface area contributed by atoms with Gasteiger partial charge in [0.15, 0.2) is 0 Å². The second-order valence-corrected chi connectivity index (χ2v) is 7.33. The molecule has 4 rings (SSSR count). The number of halogens is 4. The predicted octanol–water partition coefficient (Wildman–Crippen LogP) is 4.84.